The maximum Gasteiger partial charge on any atom is 0.0648 e. The highest BCUT2D eigenvalue weighted by molar-refractivity contribution is 6.35. The van der Waals surface area contributed by atoms with Gasteiger partial charge in [-0.1, -0.05) is 23.7 Å². The van der Waals surface area contributed by atoms with E-state index in [9.17, 15) is 5.11 Å². The first-order valence-corrected chi connectivity index (χ1v) is 5.79. The van der Waals surface area contributed by atoms with Crippen LogP contribution in [-0.2, 0) is 13.0 Å². The van der Waals surface area contributed by atoms with E-state index in [4.69, 9.17) is 11.6 Å². The third-order valence-electron chi connectivity index (χ3n) is 3.22. The number of H-pyrrole nitrogens is 1. The SMILES string of the molecule is OCC1Cc2c([nH]c3c(Cl)cccc23)CN1. The fourth-order valence-electron chi connectivity index (χ4n) is 2.37. The molecule has 0 saturated carbocycles. The van der Waals surface area contributed by atoms with E-state index in [-0.39, 0.29) is 12.6 Å². The van der Waals surface area contributed by atoms with E-state index in [0.29, 0.717) is 0 Å². The molecule has 16 heavy (non-hydrogen) atoms. The van der Waals surface area contributed by atoms with Crippen molar-refractivity contribution in [2.24, 2.45) is 0 Å². The number of halogens is 1. The highest BCUT2D eigenvalue weighted by Crippen LogP contribution is 2.30. The Labute approximate surface area is 98.4 Å². The Bertz CT molecular complexity index is 535. The molecular formula is C12H13ClN2O. The Hall–Kier alpha value is -1.03. The minimum absolute atomic E-state index is 0.158. The zero-order chi connectivity index (χ0) is 11.1. The number of aromatic amines is 1. The summed E-state index contributed by atoms with van der Waals surface area (Å²) in [6, 6.07) is 6.10. The lowest BCUT2D eigenvalue weighted by atomic mass is 9.99. The van der Waals surface area contributed by atoms with E-state index >= 15 is 0 Å². The molecular weight excluding hydrogens is 224 g/mol. The Morgan fingerprint density at radius 3 is 3.12 bits per heavy atom. The highest BCUT2D eigenvalue weighted by atomic mass is 35.5. The predicted molar refractivity (Wildman–Crippen MR) is 64.7 cm³/mol. The molecule has 1 aliphatic heterocycles. The molecule has 1 aliphatic rings. The molecule has 0 bridgehead atoms. The Morgan fingerprint density at radius 1 is 1.44 bits per heavy atom. The van der Waals surface area contributed by atoms with Gasteiger partial charge < -0.3 is 15.4 Å². The summed E-state index contributed by atoms with van der Waals surface area (Å²) in [6.45, 7) is 0.943. The van der Waals surface area contributed by atoms with E-state index < -0.39 is 0 Å². The summed E-state index contributed by atoms with van der Waals surface area (Å²) in [4.78, 5) is 3.35. The molecule has 0 aliphatic carbocycles. The van der Waals surface area contributed by atoms with Gasteiger partial charge in [-0.15, -0.1) is 0 Å². The smallest absolute Gasteiger partial charge is 0.0648 e. The monoisotopic (exact) mass is 236 g/mol. The molecule has 1 aromatic heterocycles. The summed E-state index contributed by atoms with van der Waals surface area (Å²) in [5, 5.41) is 14.4. The first-order valence-electron chi connectivity index (χ1n) is 5.42. The lowest BCUT2D eigenvalue weighted by Gasteiger charge is -2.22. The van der Waals surface area contributed by atoms with Crippen molar-refractivity contribution in [3.63, 3.8) is 0 Å². The first-order chi connectivity index (χ1) is 7.79. The predicted octanol–water partition coefficient (Wildman–Crippen LogP) is 1.83. The van der Waals surface area contributed by atoms with Gasteiger partial charge in [-0.05, 0) is 18.1 Å². The molecule has 3 rings (SSSR count). The maximum absolute atomic E-state index is 9.18. The summed E-state index contributed by atoms with van der Waals surface area (Å²) >= 11 is 6.15. The van der Waals surface area contributed by atoms with Crippen LogP contribution in [0.25, 0.3) is 10.9 Å². The van der Waals surface area contributed by atoms with Crippen LogP contribution >= 0.6 is 11.6 Å². The number of aromatic nitrogens is 1. The van der Waals surface area contributed by atoms with Gasteiger partial charge in [0, 0.05) is 23.7 Å². The van der Waals surface area contributed by atoms with Crippen LogP contribution in [0.5, 0.6) is 0 Å². The number of aliphatic hydroxyl groups excluding tert-OH is 1. The molecule has 1 aromatic carbocycles. The molecule has 0 saturated heterocycles. The second-order valence-electron chi connectivity index (χ2n) is 4.21. The molecule has 0 spiro atoms. The van der Waals surface area contributed by atoms with Crippen molar-refractivity contribution in [3.8, 4) is 0 Å². The van der Waals surface area contributed by atoms with Gasteiger partial charge in [0.15, 0.2) is 0 Å². The van der Waals surface area contributed by atoms with Crippen LogP contribution in [0.2, 0.25) is 5.02 Å². The Morgan fingerprint density at radius 2 is 2.31 bits per heavy atom. The summed E-state index contributed by atoms with van der Waals surface area (Å²) in [6.07, 6.45) is 0.853. The number of fused-ring (bicyclic) bond motifs is 3. The van der Waals surface area contributed by atoms with Crippen molar-refractivity contribution in [2.45, 2.75) is 19.0 Å². The summed E-state index contributed by atoms with van der Waals surface area (Å²) in [5.74, 6) is 0. The molecule has 1 atom stereocenters. The number of benzene rings is 1. The molecule has 4 heteroatoms. The maximum atomic E-state index is 9.18. The van der Waals surface area contributed by atoms with Crippen LogP contribution in [0.3, 0.4) is 0 Å². The van der Waals surface area contributed by atoms with E-state index in [2.05, 4.69) is 16.4 Å². The topological polar surface area (TPSA) is 48.0 Å². The van der Waals surface area contributed by atoms with Crippen molar-refractivity contribution in [3.05, 3.63) is 34.5 Å². The van der Waals surface area contributed by atoms with Gasteiger partial charge >= 0.3 is 0 Å². The third kappa shape index (κ3) is 1.44. The van der Waals surface area contributed by atoms with Crippen LogP contribution in [0.15, 0.2) is 18.2 Å². The van der Waals surface area contributed by atoms with Crippen molar-refractivity contribution >= 4 is 22.5 Å². The summed E-state index contributed by atoms with van der Waals surface area (Å²) in [5.41, 5.74) is 3.48. The standard InChI is InChI=1S/C12H13ClN2O/c13-10-3-1-2-8-9-4-7(6-16)14-5-11(9)15-12(8)10/h1-3,7,14-16H,4-6H2. The van der Waals surface area contributed by atoms with Crippen molar-refractivity contribution in [2.75, 3.05) is 6.61 Å². The van der Waals surface area contributed by atoms with Crippen molar-refractivity contribution < 1.29 is 5.11 Å². The van der Waals surface area contributed by atoms with E-state index in [1.165, 1.54) is 16.6 Å². The first kappa shape index (κ1) is 10.1. The number of nitrogens with one attached hydrogen (secondary N) is 2. The lowest BCUT2D eigenvalue weighted by Crippen LogP contribution is -2.37. The Kier molecular flexibility index (Phi) is 2.39. The second kappa shape index (κ2) is 3.77. The average molecular weight is 237 g/mol. The molecule has 84 valence electrons. The molecule has 2 heterocycles. The number of hydrogen-bond acceptors (Lipinski definition) is 2. The molecule has 1 unspecified atom stereocenters. The van der Waals surface area contributed by atoms with Gasteiger partial charge in [-0.3, -0.25) is 0 Å². The number of hydrogen-bond donors (Lipinski definition) is 3. The van der Waals surface area contributed by atoms with Gasteiger partial charge in [0.1, 0.15) is 0 Å². The molecule has 0 fully saturated rings. The normalized spacial score (nSPS) is 20.0. The van der Waals surface area contributed by atoms with Gasteiger partial charge in [-0.25, -0.2) is 0 Å². The third-order valence-corrected chi connectivity index (χ3v) is 3.53. The molecule has 0 amide bonds. The zero-order valence-corrected chi connectivity index (χ0v) is 9.51. The second-order valence-corrected chi connectivity index (χ2v) is 4.62. The van der Waals surface area contributed by atoms with E-state index in [1.54, 1.807) is 0 Å². The van der Waals surface area contributed by atoms with Crippen LogP contribution in [0.1, 0.15) is 11.3 Å². The van der Waals surface area contributed by atoms with Gasteiger partial charge in [0.25, 0.3) is 0 Å². The molecule has 0 radical (unpaired) electrons. The van der Waals surface area contributed by atoms with Crippen LogP contribution < -0.4 is 5.32 Å². The fraction of sp³-hybridized carbons (Fsp3) is 0.333. The molecule has 3 N–H and O–H groups in total. The van der Waals surface area contributed by atoms with Gasteiger partial charge in [-0.2, -0.15) is 0 Å². The Balaban J connectivity index is 2.18. The van der Waals surface area contributed by atoms with E-state index in [0.717, 1.165) is 23.5 Å². The average Bonchev–Trinajstić information content (AvgIpc) is 2.68. The quantitative estimate of drug-likeness (QED) is 0.708. The minimum atomic E-state index is 0.158. The van der Waals surface area contributed by atoms with Crippen LogP contribution in [0, 0.1) is 0 Å². The molecule has 2 aromatic rings. The van der Waals surface area contributed by atoms with Gasteiger partial charge in [0.05, 0.1) is 17.1 Å². The number of para-hydroxylation sites is 1. The number of rotatable bonds is 1. The summed E-state index contributed by atoms with van der Waals surface area (Å²) in [7, 11) is 0. The minimum Gasteiger partial charge on any atom is -0.395 e. The van der Waals surface area contributed by atoms with Gasteiger partial charge in [0.2, 0.25) is 0 Å². The summed E-state index contributed by atoms with van der Waals surface area (Å²) < 4.78 is 0. The largest absolute Gasteiger partial charge is 0.395 e. The van der Waals surface area contributed by atoms with Crippen LogP contribution in [-0.4, -0.2) is 22.7 Å². The highest BCUT2D eigenvalue weighted by Gasteiger charge is 2.21. The van der Waals surface area contributed by atoms with Crippen molar-refractivity contribution in [1.82, 2.24) is 10.3 Å². The lowest BCUT2D eigenvalue weighted by molar-refractivity contribution is 0.235. The van der Waals surface area contributed by atoms with Crippen LogP contribution in [0.4, 0.5) is 0 Å². The number of aliphatic hydroxyl groups is 1. The van der Waals surface area contributed by atoms with Crippen molar-refractivity contribution in [1.29, 1.82) is 0 Å². The van der Waals surface area contributed by atoms with E-state index in [1.807, 2.05) is 12.1 Å². The zero-order valence-electron chi connectivity index (χ0n) is 8.76. The fourth-order valence-corrected chi connectivity index (χ4v) is 2.59. The molecule has 3 nitrogen and oxygen atoms in total.